The fourth-order valence-corrected chi connectivity index (χ4v) is 5.39. The molecule has 0 saturated heterocycles. The van der Waals surface area contributed by atoms with E-state index in [1.807, 2.05) is 65.8 Å². The molecule has 0 unspecified atom stereocenters. The predicted octanol–water partition coefficient (Wildman–Crippen LogP) is 5.23. The van der Waals surface area contributed by atoms with Crippen LogP contribution in [0.3, 0.4) is 0 Å². The quantitative estimate of drug-likeness (QED) is 0.416. The molecule has 1 N–H and O–H groups in total. The Kier molecular flexibility index (Phi) is 10.6. The molecule has 9 heteroatoms. The van der Waals surface area contributed by atoms with Crippen LogP contribution in [-0.4, -0.2) is 49.5 Å². The standard InChI is InChI=1S/C28H40ClN3O4S/c1-8-24(27(34)30-28(4,5)6)31(19-22-12-9-11-20(2)17-22)26(33)13-10-16-32(37(7,35)36)25-18-23(29)15-14-21(25)3/h9,11-12,14-15,17-18,24H,8,10,13,16,19H2,1-7H3,(H,30,34)/t24-/m1/s1. The molecule has 0 saturated carbocycles. The summed E-state index contributed by atoms with van der Waals surface area (Å²) in [5.74, 6) is -0.406. The second-order valence-corrected chi connectivity index (χ2v) is 12.9. The van der Waals surface area contributed by atoms with Crippen LogP contribution >= 0.6 is 11.6 Å². The number of sulfonamides is 1. The first-order chi connectivity index (χ1) is 17.1. The Bertz CT molecular complexity index is 1210. The Morgan fingerprint density at radius 3 is 2.32 bits per heavy atom. The van der Waals surface area contributed by atoms with Crippen LogP contribution in [0.5, 0.6) is 0 Å². The Morgan fingerprint density at radius 2 is 1.76 bits per heavy atom. The molecular weight excluding hydrogens is 510 g/mol. The molecule has 1 atom stereocenters. The normalized spacial score (nSPS) is 12.6. The number of nitrogens with one attached hydrogen (secondary N) is 1. The average molecular weight is 550 g/mol. The number of carbonyl (C=O) groups is 2. The second-order valence-electron chi connectivity index (χ2n) is 10.5. The maximum atomic E-state index is 13.5. The molecule has 2 rings (SSSR count). The number of hydrogen-bond donors (Lipinski definition) is 1. The lowest BCUT2D eigenvalue weighted by molar-refractivity contribution is -0.142. The molecule has 0 aromatic heterocycles. The molecule has 0 heterocycles. The summed E-state index contributed by atoms with van der Waals surface area (Å²) in [7, 11) is -3.60. The van der Waals surface area contributed by atoms with Gasteiger partial charge in [0, 0.05) is 30.1 Å². The number of aryl methyl sites for hydroxylation is 2. The molecule has 0 aliphatic rings. The number of nitrogens with zero attached hydrogens (tertiary/aromatic N) is 2. The van der Waals surface area contributed by atoms with E-state index >= 15 is 0 Å². The lowest BCUT2D eigenvalue weighted by Gasteiger charge is -2.33. The van der Waals surface area contributed by atoms with Crippen molar-refractivity contribution in [3.8, 4) is 0 Å². The van der Waals surface area contributed by atoms with Crippen molar-refractivity contribution in [2.45, 2.75) is 78.9 Å². The molecular formula is C28H40ClN3O4S. The second kappa shape index (κ2) is 12.8. The van der Waals surface area contributed by atoms with Gasteiger partial charge in [-0.05, 0) is 70.7 Å². The molecule has 0 aliphatic heterocycles. The molecule has 2 aromatic rings. The van der Waals surface area contributed by atoms with E-state index in [1.165, 1.54) is 4.31 Å². The number of halogens is 1. The monoisotopic (exact) mass is 549 g/mol. The number of benzene rings is 2. The zero-order valence-corrected chi connectivity index (χ0v) is 24.5. The molecule has 7 nitrogen and oxygen atoms in total. The van der Waals surface area contributed by atoms with Crippen LogP contribution < -0.4 is 9.62 Å². The fraction of sp³-hybridized carbons (Fsp3) is 0.500. The van der Waals surface area contributed by atoms with Crippen LogP contribution in [0.15, 0.2) is 42.5 Å². The van der Waals surface area contributed by atoms with Crippen LogP contribution in [0.4, 0.5) is 5.69 Å². The highest BCUT2D eigenvalue weighted by molar-refractivity contribution is 7.92. The summed E-state index contributed by atoms with van der Waals surface area (Å²) in [5, 5.41) is 3.43. The van der Waals surface area contributed by atoms with E-state index in [-0.39, 0.29) is 24.8 Å². The maximum absolute atomic E-state index is 13.5. The highest BCUT2D eigenvalue weighted by Gasteiger charge is 2.31. The predicted molar refractivity (Wildman–Crippen MR) is 151 cm³/mol. The van der Waals surface area contributed by atoms with Gasteiger partial charge in [-0.1, -0.05) is 54.4 Å². The summed E-state index contributed by atoms with van der Waals surface area (Å²) < 4.78 is 26.5. The molecule has 0 aliphatic carbocycles. The summed E-state index contributed by atoms with van der Waals surface area (Å²) in [6.45, 7) is 11.8. The van der Waals surface area contributed by atoms with Crippen LogP contribution in [0.2, 0.25) is 5.02 Å². The van der Waals surface area contributed by atoms with Gasteiger partial charge in [-0.2, -0.15) is 0 Å². The molecule has 204 valence electrons. The highest BCUT2D eigenvalue weighted by atomic mass is 35.5. The lowest BCUT2D eigenvalue weighted by Crippen LogP contribution is -2.53. The summed E-state index contributed by atoms with van der Waals surface area (Å²) in [4.78, 5) is 28.3. The molecule has 37 heavy (non-hydrogen) atoms. The van der Waals surface area contributed by atoms with Gasteiger partial charge in [0.2, 0.25) is 21.8 Å². The van der Waals surface area contributed by atoms with Crippen LogP contribution in [0.25, 0.3) is 0 Å². The van der Waals surface area contributed by atoms with Crippen molar-refractivity contribution in [3.63, 3.8) is 0 Å². The van der Waals surface area contributed by atoms with E-state index < -0.39 is 21.6 Å². The zero-order valence-electron chi connectivity index (χ0n) is 23.0. The number of hydrogen-bond acceptors (Lipinski definition) is 4. The van der Waals surface area contributed by atoms with Crippen molar-refractivity contribution in [2.24, 2.45) is 0 Å². The summed E-state index contributed by atoms with van der Waals surface area (Å²) in [5.41, 5.74) is 2.83. The number of amides is 2. The average Bonchev–Trinajstić information content (AvgIpc) is 2.76. The van der Waals surface area contributed by atoms with Gasteiger partial charge in [0.15, 0.2) is 0 Å². The first kappa shape index (κ1) is 30.6. The Hall–Kier alpha value is -2.58. The Morgan fingerprint density at radius 1 is 1.08 bits per heavy atom. The fourth-order valence-electron chi connectivity index (χ4n) is 4.21. The smallest absolute Gasteiger partial charge is 0.243 e. The SMILES string of the molecule is CC[C@H](C(=O)NC(C)(C)C)N(Cc1cccc(C)c1)C(=O)CCCN(c1cc(Cl)ccc1C)S(C)(=O)=O. The first-order valence-electron chi connectivity index (χ1n) is 12.5. The molecule has 0 spiro atoms. The van der Waals surface area contributed by atoms with Gasteiger partial charge in [0.05, 0.1) is 11.9 Å². The molecule has 0 fully saturated rings. The van der Waals surface area contributed by atoms with E-state index in [2.05, 4.69) is 5.32 Å². The van der Waals surface area contributed by atoms with Crippen LogP contribution in [0.1, 0.15) is 63.6 Å². The van der Waals surface area contributed by atoms with Gasteiger partial charge >= 0.3 is 0 Å². The minimum atomic E-state index is -3.60. The van der Waals surface area contributed by atoms with E-state index in [1.54, 1.807) is 23.1 Å². The van der Waals surface area contributed by atoms with E-state index in [9.17, 15) is 18.0 Å². The summed E-state index contributed by atoms with van der Waals surface area (Å²) in [6.07, 6.45) is 1.98. The molecule has 0 bridgehead atoms. The molecule has 2 amide bonds. The first-order valence-corrected chi connectivity index (χ1v) is 14.8. The molecule has 2 aromatic carbocycles. The Labute approximate surface area is 227 Å². The van der Waals surface area contributed by atoms with Crippen molar-refractivity contribution < 1.29 is 18.0 Å². The largest absolute Gasteiger partial charge is 0.350 e. The summed E-state index contributed by atoms with van der Waals surface area (Å²) >= 11 is 6.13. The van der Waals surface area contributed by atoms with E-state index in [0.717, 1.165) is 22.9 Å². The number of carbonyl (C=O) groups excluding carboxylic acids is 2. The minimum absolute atomic E-state index is 0.0940. The third-order valence-electron chi connectivity index (χ3n) is 5.91. The highest BCUT2D eigenvalue weighted by Crippen LogP contribution is 2.27. The van der Waals surface area contributed by atoms with Gasteiger partial charge < -0.3 is 10.2 Å². The van der Waals surface area contributed by atoms with E-state index in [4.69, 9.17) is 11.6 Å². The summed E-state index contributed by atoms with van der Waals surface area (Å²) in [6, 6.07) is 12.3. The van der Waals surface area contributed by atoms with Gasteiger partial charge in [0.25, 0.3) is 0 Å². The Balaban J connectivity index is 2.28. The lowest BCUT2D eigenvalue weighted by atomic mass is 10.0. The maximum Gasteiger partial charge on any atom is 0.243 e. The van der Waals surface area contributed by atoms with Crippen LogP contribution in [-0.2, 0) is 26.2 Å². The topological polar surface area (TPSA) is 86.8 Å². The number of rotatable bonds is 11. The number of anilines is 1. The zero-order chi connectivity index (χ0) is 28.0. The van der Waals surface area contributed by atoms with Crippen LogP contribution in [0, 0.1) is 13.8 Å². The minimum Gasteiger partial charge on any atom is -0.350 e. The van der Waals surface area contributed by atoms with Gasteiger partial charge in [-0.25, -0.2) is 8.42 Å². The van der Waals surface area contributed by atoms with Gasteiger partial charge in [-0.15, -0.1) is 0 Å². The molecule has 0 radical (unpaired) electrons. The van der Waals surface area contributed by atoms with Crippen molar-refractivity contribution in [3.05, 3.63) is 64.2 Å². The van der Waals surface area contributed by atoms with E-state index in [0.29, 0.717) is 30.1 Å². The van der Waals surface area contributed by atoms with Gasteiger partial charge in [0.1, 0.15) is 6.04 Å². The third-order valence-corrected chi connectivity index (χ3v) is 7.33. The van der Waals surface area contributed by atoms with Crippen molar-refractivity contribution in [1.29, 1.82) is 0 Å². The van der Waals surface area contributed by atoms with Crippen molar-refractivity contribution >= 4 is 39.1 Å². The van der Waals surface area contributed by atoms with Crippen molar-refractivity contribution in [2.75, 3.05) is 17.1 Å². The third kappa shape index (κ3) is 9.34. The van der Waals surface area contributed by atoms with Gasteiger partial charge in [-0.3, -0.25) is 13.9 Å². The van der Waals surface area contributed by atoms with Crippen molar-refractivity contribution in [1.82, 2.24) is 10.2 Å².